The van der Waals surface area contributed by atoms with Crippen LogP contribution >= 0.6 is 0 Å². The first-order valence-electron chi connectivity index (χ1n) is 6.73. The summed E-state index contributed by atoms with van der Waals surface area (Å²) in [6.45, 7) is 8.43. The number of halogens is 1. The Kier molecular flexibility index (Phi) is 5.95. The van der Waals surface area contributed by atoms with Crippen LogP contribution in [0.2, 0.25) is 0 Å². The summed E-state index contributed by atoms with van der Waals surface area (Å²) in [4.78, 5) is 11.4. The second-order valence-corrected chi connectivity index (χ2v) is 5.66. The SMILES string of the molecule is C[C@H](NCCNC(=O)OC(C)(C)C)c1cccc(F)c1. The summed E-state index contributed by atoms with van der Waals surface area (Å²) in [7, 11) is 0. The monoisotopic (exact) mass is 282 g/mol. The summed E-state index contributed by atoms with van der Waals surface area (Å²) in [5.74, 6) is -0.247. The summed E-state index contributed by atoms with van der Waals surface area (Å²) in [5, 5.41) is 5.87. The Labute approximate surface area is 119 Å². The van der Waals surface area contributed by atoms with Crippen molar-refractivity contribution in [3.63, 3.8) is 0 Å². The highest BCUT2D eigenvalue weighted by atomic mass is 19.1. The van der Waals surface area contributed by atoms with Crippen molar-refractivity contribution in [1.29, 1.82) is 0 Å². The lowest BCUT2D eigenvalue weighted by atomic mass is 10.1. The molecule has 1 amide bonds. The molecule has 0 aliphatic carbocycles. The molecule has 0 heterocycles. The second kappa shape index (κ2) is 7.24. The van der Waals surface area contributed by atoms with Crippen molar-refractivity contribution in [2.75, 3.05) is 13.1 Å². The third kappa shape index (κ3) is 6.52. The average Bonchev–Trinajstić information content (AvgIpc) is 2.32. The van der Waals surface area contributed by atoms with Gasteiger partial charge in [-0.1, -0.05) is 12.1 Å². The van der Waals surface area contributed by atoms with Gasteiger partial charge in [0.25, 0.3) is 0 Å². The molecule has 1 rings (SSSR count). The Morgan fingerprint density at radius 3 is 2.65 bits per heavy atom. The smallest absolute Gasteiger partial charge is 0.407 e. The fraction of sp³-hybridized carbons (Fsp3) is 0.533. The molecule has 112 valence electrons. The zero-order chi connectivity index (χ0) is 15.2. The number of hydrogen-bond acceptors (Lipinski definition) is 3. The number of nitrogens with one attached hydrogen (secondary N) is 2. The predicted molar refractivity (Wildman–Crippen MR) is 77.1 cm³/mol. The lowest BCUT2D eigenvalue weighted by Crippen LogP contribution is -2.36. The highest BCUT2D eigenvalue weighted by Gasteiger charge is 2.15. The molecule has 1 aromatic carbocycles. The van der Waals surface area contributed by atoms with Crippen LogP contribution in [0.25, 0.3) is 0 Å². The van der Waals surface area contributed by atoms with E-state index >= 15 is 0 Å². The van der Waals surface area contributed by atoms with Crippen molar-refractivity contribution in [2.24, 2.45) is 0 Å². The highest BCUT2D eigenvalue weighted by Crippen LogP contribution is 2.12. The van der Waals surface area contributed by atoms with Gasteiger partial charge in [-0.05, 0) is 45.4 Å². The molecular weight excluding hydrogens is 259 g/mol. The third-order valence-corrected chi connectivity index (χ3v) is 2.59. The maximum absolute atomic E-state index is 13.1. The van der Waals surface area contributed by atoms with E-state index in [9.17, 15) is 9.18 Å². The highest BCUT2D eigenvalue weighted by molar-refractivity contribution is 5.67. The van der Waals surface area contributed by atoms with Crippen LogP contribution in [-0.2, 0) is 4.74 Å². The molecule has 0 spiro atoms. The molecule has 0 saturated carbocycles. The van der Waals surface area contributed by atoms with Gasteiger partial charge in [-0.2, -0.15) is 0 Å². The van der Waals surface area contributed by atoms with E-state index in [0.29, 0.717) is 13.1 Å². The molecule has 0 fully saturated rings. The number of alkyl carbamates (subject to hydrolysis) is 1. The van der Waals surface area contributed by atoms with Crippen LogP contribution in [0.4, 0.5) is 9.18 Å². The van der Waals surface area contributed by atoms with Crippen molar-refractivity contribution >= 4 is 6.09 Å². The van der Waals surface area contributed by atoms with E-state index in [4.69, 9.17) is 4.74 Å². The van der Waals surface area contributed by atoms with E-state index in [2.05, 4.69) is 10.6 Å². The van der Waals surface area contributed by atoms with E-state index in [1.54, 1.807) is 6.07 Å². The quantitative estimate of drug-likeness (QED) is 0.816. The summed E-state index contributed by atoms with van der Waals surface area (Å²) < 4.78 is 18.2. The molecule has 5 heteroatoms. The normalized spacial score (nSPS) is 12.8. The largest absolute Gasteiger partial charge is 0.444 e. The van der Waals surface area contributed by atoms with E-state index in [-0.39, 0.29) is 11.9 Å². The maximum atomic E-state index is 13.1. The molecule has 0 aliphatic heterocycles. The molecule has 0 unspecified atom stereocenters. The van der Waals surface area contributed by atoms with Gasteiger partial charge < -0.3 is 15.4 Å². The van der Waals surface area contributed by atoms with Crippen molar-refractivity contribution < 1.29 is 13.9 Å². The minimum Gasteiger partial charge on any atom is -0.444 e. The first-order chi connectivity index (χ1) is 9.28. The minimum absolute atomic E-state index is 0.0196. The molecule has 0 saturated heterocycles. The molecule has 1 atom stereocenters. The Bertz CT molecular complexity index is 444. The van der Waals surface area contributed by atoms with Gasteiger partial charge in [0.15, 0.2) is 0 Å². The van der Waals surface area contributed by atoms with Gasteiger partial charge in [0.1, 0.15) is 11.4 Å². The number of rotatable bonds is 5. The van der Waals surface area contributed by atoms with E-state index in [0.717, 1.165) is 5.56 Å². The zero-order valence-electron chi connectivity index (χ0n) is 12.5. The average molecular weight is 282 g/mol. The first-order valence-corrected chi connectivity index (χ1v) is 6.73. The van der Waals surface area contributed by atoms with Crippen molar-refractivity contribution in [3.8, 4) is 0 Å². The minimum atomic E-state index is -0.494. The van der Waals surface area contributed by atoms with Crippen LogP contribution in [0.5, 0.6) is 0 Å². The summed E-state index contributed by atoms with van der Waals surface area (Å²) in [6, 6.07) is 6.48. The number of carbonyl (C=O) groups is 1. The Morgan fingerprint density at radius 1 is 1.35 bits per heavy atom. The molecule has 20 heavy (non-hydrogen) atoms. The van der Waals surface area contributed by atoms with Crippen molar-refractivity contribution in [2.45, 2.75) is 39.3 Å². The van der Waals surface area contributed by atoms with Crippen LogP contribution in [0.15, 0.2) is 24.3 Å². The molecule has 1 aromatic rings. The summed E-state index contributed by atoms with van der Waals surface area (Å²) in [6.07, 6.45) is -0.433. The number of benzene rings is 1. The predicted octanol–water partition coefficient (Wildman–Crippen LogP) is 3.00. The van der Waals surface area contributed by atoms with Gasteiger partial charge >= 0.3 is 6.09 Å². The Balaban J connectivity index is 2.26. The third-order valence-electron chi connectivity index (χ3n) is 2.59. The Hall–Kier alpha value is -1.62. The molecule has 0 aromatic heterocycles. The first kappa shape index (κ1) is 16.4. The summed E-state index contributed by atoms with van der Waals surface area (Å²) in [5.41, 5.74) is 0.383. The van der Waals surface area contributed by atoms with E-state index in [1.807, 2.05) is 33.8 Å². The number of ether oxygens (including phenoxy) is 1. The lowest BCUT2D eigenvalue weighted by Gasteiger charge is -2.20. The summed E-state index contributed by atoms with van der Waals surface area (Å²) >= 11 is 0. The van der Waals surface area contributed by atoms with E-state index in [1.165, 1.54) is 12.1 Å². The molecule has 0 radical (unpaired) electrons. The van der Waals surface area contributed by atoms with Crippen LogP contribution < -0.4 is 10.6 Å². The molecule has 0 aliphatic rings. The molecular formula is C15H23FN2O2. The topological polar surface area (TPSA) is 50.4 Å². The second-order valence-electron chi connectivity index (χ2n) is 5.66. The van der Waals surface area contributed by atoms with Gasteiger partial charge in [-0.3, -0.25) is 0 Å². The van der Waals surface area contributed by atoms with Crippen molar-refractivity contribution in [3.05, 3.63) is 35.6 Å². The van der Waals surface area contributed by atoms with Crippen LogP contribution in [0.1, 0.15) is 39.3 Å². The number of carbonyl (C=O) groups excluding carboxylic acids is 1. The lowest BCUT2D eigenvalue weighted by molar-refractivity contribution is 0.0528. The maximum Gasteiger partial charge on any atom is 0.407 e. The van der Waals surface area contributed by atoms with Gasteiger partial charge in [0.05, 0.1) is 0 Å². The van der Waals surface area contributed by atoms with Gasteiger partial charge in [-0.15, -0.1) is 0 Å². The van der Waals surface area contributed by atoms with Gasteiger partial charge in [0, 0.05) is 19.1 Å². The number of hydrogen-bond donors (Lipinski definition) is 2. The molecule has 4 nitrogen and oxygen atoms in total. The zero-order valence-corrected chi connectivity index (χ0v) is 12.5. The molecule has 0 bridgehead atoms. The Morgan fingerprint density at radius 2 is 2.05 bits per heavy atom. The standard InChI is InChI=1S/C15H23FN2O2/c1-11(12-6-5-7-13(16)10-12)17-8-9-18-14(19)20-15(2,3)4/h5-7,10-11,17H,8-9H2,1-4H3,(H,18,19)/t11-/m0/s1. The van der Waals surface area contributed by atoms with Gasteiger partial charge in [-0.25, -0.2) is 9.18 Å². The fourth-order valence-electron chi connectivity index (χ4n) is 1.66. The molecule has 2 N–H and O–H groups in total. The van der Waals surface area contributed by atoms with E-state index < -0.39 is 11.7 Å². The van der Waals surface area contributed by atoms with Crippen molar-refractivity contribution in [1.82, 2.24) is 10.6 Å². The van der Waals surface area contributed by atoms with Crippen LogP contribution in [0, 0.1) is 5.82 Å². The van der Waals surface area contributed by atoms with Crippen LogP contribution in [0.3, 0.4) is 0 Å². The van der Waals surface area contributed by atoms with Crippen LogP contribution in [-0.4, -0.2) is 24.8 Å². The number of amides is 1. The van der Waals surface area contributed by atoms with Gasteiger partial charge in [0.2, 0.25) is 0 Å². The fourth-order valence-corrected chi connectivity index (χ4v) is 1.66.